The van der Waals surface area contributed by atoms with Gasteiger partial charge in [0.15, 0.2) is 5.60 Å². The Bertz CT molecular complexity index is 1350. The molecule has 2 N–H and O–H groups in total. The van der Waals surface area contributed by atoms with E-state index >= 15 is 0 Å². The molecule has 2 heterocycles. The number of carbonyl (C=O) groups excluding carboxylic acids is 1. The second kappa shape index (κ2) is 8.93. The Morgan fingerprint density at radius 1 is 0.919 bits per heavy atom. The summed E-state index contributed by atoms with van der Waals surface area (Å²) in [4.78, 5) is 16.4. The van der Waals surface area contributed by atoms with Crippen LogP contribution in [0.3, 0.4) is 0 Å². The number of para-hydroxylation sites is 1. The summed E-state index contributed by atoms with van der Waals surface area (Å²) < 4.78 is 69.1. The van der Waals surface area contributed by atoms with Crippen LogP contribution in [0.2, 0.25) is 0 Å². The molecular weight excluding hydrogens is 510 g/mol. The summed E-state index contributed by atoms with van der Waals surface area (Å²) in [6, 6.07) is 19.2. The molecule has 0 radical (unpaired) electrons. The summed E-state index contributed by atoms with van der Waals surface area (Å²) in [7, 11) is 0.123. The van der Waals surface area contributed by atoms with Gasteiger partial charge in [0, 0.05) is 11.3 Å². The number of halogens is 4. The molecule has 3 aromatic rings. The number of hydrogen-bond donors (Lipinski definition) is 2. The molecule has 0 saturated carbocycles. The minimum absolute atomic E-state index is 0.0621. The highest BCUT2D eigenvalue weighted by Gasteiger charge is 2.63. The van der Waals surface area contributed by atoms with E-state index < -0.39 is 47.4 Å². The first-order valence-corrected chi connectivity index (χ1v) is 12.6. The van der Waals surface area contributed by atoms with Crippen molar-refractivity contribution in [2.75, 3.05) is 29.9 Å². The number of nitrogens with one attached hydrogen (secondary N) is 1. The maximum atomic E-state index is 13.6. The quantitative estimate of drug-likeness (QED) is 0.473. The van der Waals surface area contributed by atoms with Crippen molar-refractivity contribution >= 4 is 28.3 Å². The fraction of sp³-hybridized carbons (Fsp3) is 0.269. The largest absolute Gasteiger partial charge is 0.372 e. The van der Waals surface area contributed by atoms with E-state index in [1.54, 1.807) is 67.7 Å². The van der Waals surface area contributed by atoms with E-state index in [1.165, 1.54) is 17.0 Å². The highest BCUT2D eigenvalue weighted by Crippen LogP contribution is 2.45. The molecule has 1 amide bonds. The summed E-state index contributed by atoms with van der Waals surface area (Å²) in [5.74, 6) is -8.80. The van der Waals surface area contributed by atoms with Crippen LogP contribution in [0.5, 0.6) is 0 Å². The lowest BCUT2D eigenvalue weighted by atomic mass is 9.87. The zero-order valence-electron chi connectivity index (χ0n) is 19.6. The standard InChI is InChI=1S/C26H23F4N3O3S/c1-31-37(36)20-12-8-18(9-13-20)26(35)21-4-2-3-5-22(21)33(23(26)34)14-17-6-10-19(11-7-17)32-15-24(27,28)25(29,30)16-32/h2-13,31,35H,14-16H2,1H3. The summed E-state index contributed by atoms with van der Waals surface area (Å²) in [6.07, 6.45) is 0. The van der Waals surface area contributed by atoms with Gasteiger partial charge in [0.25, 0.3) is 5.91 Å². The minimum atomic E-state index is -4.11. The van der Waals surface area contributed by atoms with Crippen LogP contribution in [0, 0.1) is 0 Å². The van der Waals surface area contributed by atoms with Gasteiger partial charge >= 0.3 is 11.8 Å². The molecule has 5 rings (SSSR count). The molecule has 0 spiro atoms. The second-order valence-corrected chi connectivity index (χ2v) is 10.5. The maximum absolute atomic E-state index is 13.6. The fourth-order valence-electron chi connectivity index (χ4n) is 4.75. The fourth-order valence-corrected chi connectivity index (χ4v) is 5.37. The van der Waals surface area contributed by atoms with E-state index in [0.717, 1.165) is 4.90 Å². The van der Waals surface area contributed by atoms with Crippen molar-refractivity contribution < 1.29 is 31.7 Å². The number of hydrogen-bond acceptors (Lipinski definition) is 4. The highest BCUT2D eigenvalue weighted by molar-refractivity contribution is 7.83. The van der Waals surface area contributed by atoms with Crippen LogP contribution >= 0.6 is 0 Å². The lowest BCUT2D eigenvalue weighted by molar-refractivity contribution is -0.172. The van der Waals surface area contributed by atoms with Crippen LogP contribution in [-0.4, -0.2) is 47.2 Å². The van der Waals surface area contributed by atoms with Crippen LogP contribution in [0.15, 0.2) is 77.7 Å². The molecule has 1 fully saturated rings. The van der Waals surface area contributed by atoms with Gasteiger partial charge in [-0.15, -0.1) is 0 Å². The number of carbonyl (C=O) groups is 1. The van der Waals surface area contributed by atoms with Crippen LogP contribution in [0.25, 0.3) is 0 Å². The second-order valence-electron chi connectivity index (χ2n) is 9.05. The van der Waals surface area contributed by atoms with Crippen molar-refractivity contribution in [1.82, 2.24) is 4.72 Å². The molecule has 1 saturated heterocycles. The summed E-state index contributed by atoms with van der Waals surface area (Å²) in [6.45, 7) is -2.09. The number of amides is 1. The van der Waals surface area contributed by atoms with Crippen molar-refractivity contribution in [2.45, 2.75) is 28.9 Å². The molecule has 2 aliphatic rings. The van der Waals surface area contributed by atoms with Gasteiger partial charge in [0.2, 0.25) is 0 Å². The van der Waals surface area contributed by atoms with Gasteiger partial charge in [0.1, 0.15) is 11.0 Å². The third-order valence-electron chi connectivity index (χ3n) is 6.77. The van der Waals surface area contributed by atoms with E-state index in [0.29, 0.717) is 27.3 Å². The molecule has 3 aromatic carbocycles. The number of benzene rings is 3. The normalized spacial score (nSPS) is 22.8. The number of rotatable bonds is 6. The van der Waals surface area contributed by atoms with Gasteiger partial charge in [-0.05, 0) is 48.5 Å². The SMILES string of the molecule is CNS(=O)c1ccc(C2(O)C(=O)N(Cc3ccc(N4CC(F)(F)C(F)(F)C4)cc3)c3ccccc32)cc1. The van der Waals surface area contributed by atoms with Gasteiger partial charge in [0.05, 0.1) is 30.2 Å². The van der Waals surface area contributed by atoms with Crippen molar-refractivity contribution in [3.05, 3.63) is 89.5 Å². The first-order valence-electron chi connectivity index (χ1n) is 11.4. The number of aliphatic hydroxyl groups is 1. The lowest BCUT2D eigenvalue weighted by Gasteiger charge is -2.24. The zero-order chi connectivity index (χ0) is 26.6. The van der Waals surface area contributed by atoms with Gasteiger partial charge in [-0.2, -0.15) is 17.6 Å². The Morgan fingerprint density at radius 3 is 2.11 bits per heavy atom. The topological polar surface area (TPSA) is 72.9 Å². The van der Waals surface area contributed by atoms with E-state index in [4.69, 9.17) is 0 Å². The van der Waals surface area contributed by atoms with Crippen LogP contribution in [0.1, 0.15) is 16.7 Å². The summed E-state index contributed by atoms with van der Waals surface area (Å²) in [5.41, 5.74) is 0.0815. The Kier molecular flexibility index (Phi) is 6.12. The van der Waals surface area contributed by atoms with Crippen molar-refractivity contribution in [1.29, 1.82) is 0 Å². The first kappa shape index (κ1) is 25.4. The van der Waals surface area contributed by atoms with E-state index in [9.17, 15) is 31.7 Å². The Morgan fingerprint density at radius 2 is 1.51 bits per heavy atom. The molecule has 0 aliphatic carbocycles. The van der Waals surface area contributed by atoms with Crippen LogP contribution in [-0.2, 0) is 27.9 Å². The number of alkyl halides is 4. The van der Waals surface area contributed by atoms with Gasteiger partial charge in [-0.3, -0.25) is 4.79 Å². The number of fused-ring (bicyclic) bond motifs is 1. The lowest BCUT2D eigenvalue weighted by Crippen LogP contribution is -2.40. The van der Waals surface area contributed by atoms with Crippen molar-refractivity contribution in [3.8, 4) is 0 Å². The Labute approximate surface area is 213 Å². The average Bonchev–Trinajstić information content (AvgIpc) is 3.25. The predicted molar refractivity (Wildman–Crippen MR) is 131 cm³/mol. The van der Waals surface area contributed by atoms with Gasteiger partial charge in [-0.1, -0.05) is 42.5 Å². The molecule has 2 atom stereocenters. The number of nitrogens with zero attached hydrogens (tertiary/aromatic N) is 2. The van der Waals surface area contributed by atoms with Crippen molar-refractivity contribution in [3.63, 3.8) is 0 Å². The molecule has 6 nitrogen and oxygen atoms in total. The van der Waals surface area contributed by atoms with Gasteiger partial charge < -0.3 is 14.9 Å². The zero-order valence-corrected chi connectivity index (χ0v) is 20.4. The Hall–Kier alpha value is -3.28. The molecular formula is C26H23F4N3O3S. The maximum Gasteiger partial charge on any atom is 0.329 e. The van der Waals surface area contributed by atoms with Gasteiger partial charge in [-0.25, -0.2) is 8.93 Å². The summed E-state index contributed by atoms with van der Waals surface area (Å²) in [5, 5.41) is 11.7. The van der Waals surface area contributed by atoms with Crippen LogP contribution < -0.4 is 14.5 Å². The smallest absolute Gasteiger partial charge is 0.329 e. The van der Waals surface area contributed by atoms with Crippen LogP contribution in [0.4, 0.5) is 28.9 Å². The molecule has 2 unspecified atom stereocenters. The monoisotopic (exact) mass is 533 g/mol. The van der Waals surface area contributed by atoms with Crippen molar-refractivity contribution in [2.24, 2.45) is 0 Å². The predicted octanol–water partition coefficient (Wildman–Crippen LogP) is 3.80. The minimum Gasteiger partial charge on any atom is -0.372 e. The molecule has 11 heteroatoms. The van der Waals surface area contributed by atoms with E-state index in [2.05, 4.69) is 4.72 Å². The van der Waals surface area contributed by atoms with E-state index in [-0.39, 0.29) is 12.2 Å². The average molecular weight is 534 g/mol. The van der Waals surface area contributed by atoms with E-state index in [1.807, 2.05) is 0 Å². The highest BCUT2D eigenvalue weighted by atomic mass is 32.2. The molecule has 2 aliphatic heterocycles. The third kappa shape index (κ3) is 4.11. The summed E-state index contributed by atoms with van der Waals surface area (Å²) >= 11 is 0. The Balaban J connectivity index is 1.41. The first-order chi connectivity index (χ1) is 17.5. The molecule has 0 bridgehead atoms. The third-order valence-corrected chi connectivity index (χ3v) is 7.84. The molecule has 0 aromatic heterocycles. The molecule has 194 valence electrons. The number of anilines is 2. The molecule has 37 heavy (non-hydrogen) atoms.